The van der Waals surface area contributed by atoms with E-state index in [2.05, 4.69) is 0 Å². The van der Waals surface area contributed by atoms with Crippen LogP contribution in [0.1, 0.15) is 37.4 Å². The van der Waals surface area contributed by atoms with Crippen LogP contribution in [0.3, 0.4) is 0 Å². The van der Waals surface area contributed by atoms with Gasteiger partial charge in [-0.25, -0.2) is 0 Å². The molecule has 5 rings (SSSR count). The molecule has 3 aromatic carbocycles. The molecular formula is C27H21NO4. The highest BCUT2D eigenvalue weighted by molar-refractivity contribution is 6.07. The van der Waals surface area contributed by atoms with E-state index in [9.17, 15) is 9.59 Å². The molecule has 0 fully saturated rings. The van der Waals surface area contributed by atoms with Crippen LogP contribution in [0.5, 0.6) is 11.5 Å². The van der Waals surface area contributed by atoms with Crippen LogP contribution in [-0.2, 0) is 0 Å². The minimum absolute atomic E-state index is 0.0999. The molecule has 0 saturated carbocycles. The zero-order valence-electron chi connectivity index (χ0n) is 17.7. The van der Waals surface area contributed by atoms with Crippen molar-refractivity contribution < 1.29 is 19.1 Å². The number of hydrogen-bond acceptors (Lipinski definition) is 4. The number of aryl methyl sites for hydroxylation is 1. The molecular weight excluding hydrogens is 402 g/mol. The van der Waals surface area contributed by atoms with Crippen molar-refractivity contribution in [3.63, 3.8) is 0 Å². The lowest BCUT2D eigenvalue weighted by Crippen LogP contribution is -2.60. The minimum atomic E-state index is -1.40. The number of carbonyl (C=O) groups is 2. The van der Waals surface area contributed by atoms with E-state index in [-0.39, 0.29) is 11.7 Å². The lowest BCUT2D eigenvalue weighted by atomic mass is 10.00. The van der Waals surface area contributed by atoms with Gasteiger partial charge in [0.15, 0.2) is 5.78 Å². The van der Waals surface area contributed by atoms with Crippen LogP contribution in [0, 0.1) is 6.92 Å². The Bertz CT molecular complexity index is 1290. The molecule has 0 radical (unpaired) electrons. The quantitative estimate of drug-likeness (QED) is 0.434. The first-order chi connectivity index (χ1) is 15.5. The van der Waals surface area contributed by atoms with Gasteiger partial charge in [-0.15, -0.1) is 0 Å². The number of fused-ring (bicyclic) bond motifs is 2. The van der Waals surface area contributed by atoms with Crippen molar-refractivity contribution in [1.82, 2.24) is 4.90 Å². The van der Waals surface area contributed by atoms with Gasteiger partial charge in [0.2, 0.25) is 0 Å². The molecule has 0 saturated heterocycles. The number of likely N-dealkylation sites (N-methyl/N-ethyl adjacent to an activating group) is 1. The predicted octanol–water partition coefficient (Wildman–Crippen LogP) is 5.12. The molecule has 1 atom stereocenters. The maximum absolute atomic E-state index is 13.0. The molecule has 1 unspecified atom stereocenters. The van der Waals surface area contributed by atoms with Gasteiger partial charge in [0.1, 0.15) is 11.5 Å². The van der Waals surface area contributed by atoms with Crippen LogP contribution in [0.4, 0.5) is 0 Å². The van der Waals surface area contributed by atoms with Gasteiger partial charge in [-0.1, -0.05) is 42.5 Å². The van der Waals surface area contributed by atoms with Gasteiger partial charge in [0.05, 0.1) is 5.56 Å². The van der Waals surface area contributed by atoms with Crippen molar-refractivity contribution in [3.05, 3.63) is 107 Å². The van der Waals surface area contributed by atoms with Crippen LogP contribution >= 0.6 is 0 Å². The second-order valence-electron chi connectivity index (χ2n) is 7.86. The van der Waals surface area contributed by atoms with Gasteiger partial charge in [0.25, 0.3) is 5.91 Å². The molecule has 0 aliphatic carbocycles. The van der Waals surface area contributed by atoms with Gasteiger partial charge < -0.3 is 9.47 Å². The maximum atomic E-state index is 13.0. The fourth-order valence-electron chi connectivity index (χ4n) is 3.95. The van der Waals surface area contributed by atoms with Gasteiger partial charge >= 0.3 is 5.91 Å². The Kier molecular flexibility index (Phi) is 4.67. The summed E-state index contributed by atoms with van der Waals surface area (Å²) in [5.41, 5.74) is 3.71. The van der Waals surface area contributed by atoms with Crippen molar-refractivity contribution in [1.29, 1.82) is 0 Å². The summed E-state index contributed by atoms with van der Waals surface area (Å²) < 4.78 is 12.5. The predicted molar refractivity (Wildman–Crippen MR) is 123 cm³/mol. The van der Waals surface area contributed by atoms with E-state index >= 15 is 0 Å². The van der Waals surface area contributed by atoms with Crippen LogP contribution in [-0.4, -0.2) is 29.5 Å². The molecule has 5 heteroatoms. The van der Waals surface area contributed by atoms with E-state index in [0.29, 0.717) is 22.6 Å². The van der Waals surface area contributed by atoms with Gasteiger partial charge in [-0.05, 0) is 55.0 Å². The third-order valence-electron chi connectivity index (χ3n) is 5.63. The lowest BCUT2D eigenvalue weighted by molar-refractivity contribution is -0.166. The number of amides is 1. The van der Waals surface area contributed by atoms with Crippen molar-refractivity contribution in [2.45, 2.75) is 12.8 Å². The average molecular weight is 423 g/mol. The van der Waals surface area contributed by atoms with Gasteiger partial charge in [-0.3, -0.25) is 14.5 Å². The highest BCUT2D eigenvalue weighted by atomic mass is 16.7. The maximum Gasteiger partial charge on any atom is 0.362 e. The Balaban J connectivity index is 1.53. The molecule has 3 aromatic rings. The summed E-state index contributed by atoms with van der Waals surface area (Å²) in [6.07, 6.45) is 6.91. The van der Waals surface area contributed by atoms with Crippen molar-refractivity contribution in [3.8, 4) is 11.5 Å². The number of ketones is 1. The molecule has 2 aliphatic heterocycles. The molecule has 2 heterocycles. The number of hydrogen-bond donors (Lipinski definition) is 0. The highest BCUT2D eigenvalue weighted by Gasteiger charge is 2.47. The van der Waals surface area contributed by atoms with Crippen LogP contribution in [0.25, 0.3) is 12.2 Å². The normalized spacial score (nSPS) is 18.8. The standard InChI is InChI=1S/C27H21NO4/c1-18-16-20(12-13-23(29)19-8-4-3-5-9-19)25-21(17-18)14-15-27(32-25)28(2)26(30)22-10-6-7-11-24(22)31-27/h3-17H,1-2H3/b13-12+. The zero-order chi connectivity index (χ0) is 22.3. The van der Waals surface area contributed by atoms with Gasteiger partial charge in [0, 0.05) is 29.8 Å². The second kappa shape index (κ2) is 7.54. The zero-order valence-corrected chi connectivity index (χ0v) is 17.7. The molecule has 0 N–H and O–H groups in total. The average Bonchev–Trinajstić information content (AvgIpc) is 2.82. The Hall–Kier alpha value is -4.12. The number of benzene rings is 3. The smallest absolute Gasteiger partial charge is 0.362 e. The summed E-state index contributed by atoms with van der Waals surface area (Å²) in [5.74, 6) is -0.679. The molecule has 32 heavy (non-hydrogen) atoms. The van der Waals surface area contributed by atoms with Gasteiger partial charge in [-0.2, -0.15) is 0 Å². The van der Waals surface area contributed by atoms with E-state index in [4.69, 9.17) is 9.47 Å². The Morgan fingerprint density at radius 3 is 2.56 bits per heavy atom. The first-order valence-electron chi connectivity index (χ1n) is 10.3. The topological polar surface area (TPSA) is 55.8 Å². The van der Waals surface area contributed by atoms with E-state index in [0.717, 1.165) is 16.7 Å². The molecule has 1 amide bonds. The SMILES string of the molecule is Cc1cc2c(c(/C=C/C(=O)c3ccccc3)c1)OC1(C=C2)Oc2ccccc2C(=O)N1C. The Morgan fingerprint density at radius 2 is 1.75 bits per heavy atom. The first kappa shape index (κ1) is 19.8. The Labute approximate surface area is 186 Å². The van der Waals surface area contributed by atoms with Crippen molar-refractivity contribution in [2.75, 3.05) is 7.05 Å². The van der Waals surface area contributed by atoms with Crippen molar-refractivity contribution in [2.24, 2.45) is 0 Å². The van der Waals surface area contributed by atoms with E-state index in [1.807, 2.05) is 49.4 Å². The monoisotopic (exact) mass is 423 g/mol. The van der Waals surface area contributed by atoms with Crippen molar-refractivity contribution >= 4 is 23.8 Å². The molecule has 1 spiro atoms. The number of carbonyl (C=O) groups excluding carboxylic acids is 2. The number of nitrogens with zero attached hydrogens (tertiary/aromatic N) is 1. The lowest BCUT2D eigenvalue weighted by Gasteiger charge is -2.44. The Morgan fingerprint density at radius 1 is 1.00 bits per heavy atom. The highest BCUT2D eigenvalue weighted by Crippen LogP contribution is 2.41. The molecule has 0 bridgehead atoms. The van der Waals surface area contributed by atoms with E-state index in [1.165, 1.54) is 11.0 Å². The summed E-state index contributed by atoms with van der Waals surface area (Å²) in [6, 6.07) is 20.1. The summed E-state index contributed by atoms with van der Waals surface area (Å²) in [7, 11) is 1.65. The van der Waals surface area contributed by atoms with E-state index < -0.39 is 5.91 Å². The second-order valence-corrected chi connectivity index (χ2v) is 7.86. The van der Waals surface area contributed by atoms with Crippen LogP contribution in [0.2, 0.25) is 0 Å². The van der Waals surface area contributed by atoms with Crippen LogP contribution in [0.15, 0.2) is 78.9 Å². The molecule has 158 valence electrons. The minimum Gasteiger partial charge on any atom is -0.431 e. The summed E-state index contributed by atoms with van der Waals surface area (Å²) in [5, 5.41) is 0. The molecule has 5 nitrogen and oxygen atoms in total. The fraction of sp³-hybridized carbons (Fsp3) is 0.111. The fourth-order valence-corrected chi connectivity index (χ4v) is 3.95. The third-order valence-corrected chi connectivity index (χ3v) is 5.63. The number of ether oxygens (including phenoxy) is 2. The number of rotatable bonds is 3. The molecule has 0 aromatic heterocycles. The number of para-hydroxylation sites is 1. The summed E-state index contributed by atoms with van der Waals surface area (Å²) in [4.78, 5) is 27.0. The summed E-state index contributed by atoms with van der Waals surface area (Å²) in [6.45, 7) is 1.98. The first-order valence-corrected chi connectivity index (χ1v) is 10.3. The van der Waals surface area contributed by atoms with E-state index in [1.54, 1.807) is 49.5 Å². The number of allylic oxidation sites excluding steroid dienone is 1. The summed E-state index contributed by atoms with van der Waals surface area (Å²) >= 11 is 0. The van der Waals surface area contributed by atoms with Crippen LogP contribution < -0.4 is 9.47 Å². The third kappa shape index (κ3) is 3.28. The largest absolute Gasteiger partial charge is 0.431 e. The molecule has 2 aliphatic rings.